The Morgan fingerprint density at radius 1 is 0.575 bits per heavy atom. The highest BCUT2D eigenvalue weighted by Gasteiger charge is 2.26. The minimum atomic E-state index is -1.13. The molecule has 0 aromatic heterocycles. The minimum Gasteiger partial charge on any atom is -0.242 e. The van der Waals surface area contributed by atoms with Crippen LogP contribution in [0.4, 0.5) is 0 Å². The van der Waals surface area contributed by atoms with Crippen molar-refractivity contribution >= 4 is 45.2 Å². The first-order valence-electron chi connectivity index (χ1n) is 13.4. The van der Waals surface area contributed by atoms with Crippen molar-refractivity contribution in [1.82, 2.24) is 9.44 Å². The van der Waals surface area contributed by atoms with E-state index in [1.54, 1.807) is 0 Å². The van der Waals surface area contributed by atoms with Crippen LogP contribution in [0.15, 0.2) is 70.8 Å². The molecule has 0 aliphatic heterocycles. The summed E-state index contributed by atoms with van der Waals surface area (Å²) in [6.07, 6.45) is 0. The van der Waals surface area contributed by atoms with E-state index in [2.05, 4.69) is 51.0 Å². The Morgan fingerprint density at radius 3 is 1.02 bits per heavy atom. The van der Waals surface area contributed by atoms with E-state index < -0.39 is 22.0 Å². The van der Waals surface area contributed by atoms with Gasteiger partial charge in [0, 0.05) is 10.0 Å². The molecule has 2 aromatic rings. The average molecular weight is 628 g/mol. The van der Waals surface area contributed by atoms with Crippen LogP contribution in [0, 0.1) is 0 Å². The van der Waals surface area contributed by atoms with Gasteiger partial charge in [-0.25, -0.2) is 17.9 Å². The van der Waals surface area contributed by atoms with Crippen molar-refractivity contribution in [2.75, 3.05) is 0 Å². The molecule has 0 unspecified atom stereocenters. The zero-order valence-electron chi connectivity index (χ0n) is 26.2. The molecule has 2 rings (SSSR count). The third-order valence-electron chi connectivity index (χ3n) is 6.41. The lowest BCUT2D eigenvalue weighted by molar-refractivity contribution is 0.620. The smallest absolute Gasteiger partial charge is 0.0978 e. The van der Waals surface area contributed by atoms with E-state index in [1.807, 2.05) is 90.1 Å². The van der Waals surface area contributed by atoms with Crippen LogP contribution in [0.25, 0.3) is 0 Å². The lowest BCUT2D eigenvalue weighted by Gasteiger charge is -2.26. The van der Waals surface area contributed by atoms with Crippen molar-refractivity contribution < 1.29 is 8.42 Å². The van der Waals surface area contributed by atoms with Gasteiger partial charge >= 0.3 is 0 Å². The zero-order chi connectivity index (χ0) is 31.0. The number of halogens is 2. The number of hydrogen-bond acceptors (Lipinski definition) is 2. The largest absolute Gasteiger partial charge is 0.242 e. The van der Waals surface area contributed by atoms with Gasteiger partial charge in [0.15, 0.2) is 0 Å². The maximum atomic E-state index is 12.4. The van der Waals surface area contributed by atoms with E-state index in [1.165, 1.54) is 22.3 Å². The van der Waals surface area contributed by atoms with E-state index in [9.17, 15) is 8.42 Å². The zero-order valence-corrected chi connectivity index (χ0v) is 29.3. The van der Waals surface area contributed by atoms with Gasteiger partial charge in [-0.3, -0.25) is 0 Å². The molecule has 40 heavy (non-hydrogen) atoms. The molecule has 2 aromatic carbocycles. The highest BCUT2D eigenvalue weighted by molar-refractivity contribution is 7.84. The molecule has 4 nitrogen and oxygen atoms in total. The number of rotatable bonds is 8. The molecule has 0 radical (unpaired) electrons. The first-order chi connectivity index (χ1) is 18.2. The van der Waals surface area contributed by atoms with Gasteiger partial charge in [0.2, 0.25) is 0 Å². The summed E-state index contributed by atoms with van der Waals surface area (Å²) in [6.45, 7) is 24.2. The van der Waals surface area contributed by atoms with Crippen molar-refractivity contribution in [3.63, 3.8) is 0 Å². The van der Waals surface area contributed by atoms with Crippen LogP contribution in [0.1, 0.15) is 106 Å². The fourth-order valence-electron chi connectivity index (χ4n) is 3.27. The summed E-state index contributed by atoms with van der Waals surface area (Å²) in [6, 6.07) is 15.3. The van der Waals surface area contributed by atoms with Crippen LogP contribution in [0.3, 0.4) is 0 Å². The molecule has 0 saturated carbocycles. The van der Waals surface area contributed by atoms with Crippen LogP contribution >= 0.6 is 23.2 Å². The van der Waals surface area contributed by atoms with Crippen LogP contribution in [-0.2, 0) is 22.0 Å². The average Bonchev–Trinajstić information content (AvgIpc) is 2.85. The molecule has 0 fully saturated rings. The maximum absolute atomic E-state index is 12.4. The van der Waals surface area contributed by atoms with Gasteiger partial charge in [0.1, 0.15) is 0 Å². The van der Waals surface area contributed by atoms with Gasteiger partial charge < -0.3 is 0 Å². The Bertz CT molecular complexity index is 1120. The fraction of sp³-hybridized carbons (Fsp3) is 0.500. The van der Waals surface area contributed by atoms with Gasteiger partial charge in [-0.15, -0.1) is 0 Å². The van der Waals surface area contributed by atoms with Crippen LogP contribution in [0.5, 0.6) is 0 Å². The molecule has 0 aliphatic carbocycles. The molecule has 0 aliphatic rings. The standard InChI is InChI=1S/2C16H24ClNOS/c2*1-11(2)12(3)15(18-20(19)16(4,5)6)13-7-9-14(17)10-8-13/h2*7-10,15,18H,1-6H3/t2*15-,20-/m11/s1. The van der Waals surface area contributed by atoms with Gasteiger partial charge in [-0.1, -0.05) is 69.8 Å². The van der Waals surface area contributed by atoms with Crippen LogP contribution in [-0.4, -0.2) is 17.9 Å². The molecule has 0 amide bonds. The topological polar surface area (TPSA) is 58.2 Å². The summed E-state index contributed by atoms with van der Waals surface area (Å²) >= 11 is 11.9. The normalized spacial score (nSPS) is 14.8. The lowest BCUT2D eigenvalue weighted by atomic mass is 9.98. The van der Waals surface area contributed by atoms with E-state index in [-0.39, 0.29) is 21.6 Å². The quantitative estimate of drug-likeness (QED) is 0.287. The Hall–Kier alpha value is -1.28. The predicted octanol–water partition coefficient (Wildman–Crippen LogP) is 9.58. The van der Waals surface area contributed by atoms with E-state index >= 15 is 0 Å². The third-order valence-corrected chi connectivity index (χ3v) is 10.0. The number of allylic oxidation sites excluding steroid dienone is 2. The monoisotopic (exact) mass is 626 g/mol. The second kappa shape index (κ2) is 15.8. The highest BCUT2D eigenvalue weighted by Crippen LogP contribution is 2.28. The molecule has 8 heteroatoms. The predicted molar refractivity (Wildman–Crippen MR) is 179 cm³/mol. The number of nitrogens with one attached hydrogen (secondary N) is 2. The second-order valence-corrected chi connectivity index (χ2v) is 17.2. The van der Waals surface area contributed by atoms with Crippen molar-refractivity contribution in [2.45, 2.75) is 105 Å². The van der Waals surface area contributed by atoms with Crippen molar-refractivity contribution in [2.24, 2.45) is 0 Å². The fourth-order valence-corrected chi connectivity index (χ4v) is 5.28. The molecule has 0 spiro atoms. The van der Waals surface area contributed by atoms with E-state index in [4.69, 9.17) is 23.2 Å². The molecule has 224 valence electrons. The Kier molecular flexibility index (Phi) is 14.5. The molecule has 4 atom stereocenters. The summed E-state index contributed by atoms with van der Waals surface area (Å²) in [7, 11) is -2.26. The Morgan fingerprint density at radius 2 is 0.825 bits per heavy atom. The number of benzene rings is 2. The van der Waals surface area contributed by atoms with E-state index in [0.29, 0.717) is 10.0 Å². The van der Waals surface area contributed by atoms with Gasteiger partial charge in [-0.05, 0) is 118 Å². The Balaban J connectivity index is 0.000000400. The molecular formula is C32H48Cl2N2O2S2. The molecule has 2 N–H and O–H groups in total. The lowest BCUT2D eigenvalue weighted by Crippen LogP contribution is -2.36. The highest BCUT2D eigenvalue weighted by atomic mass is 35.5. The second-order valence-electron chi connectivity index (χ2n) is 12.3. The van der Waals surface area contributed by atoms with Gasteiger partial charge in [0.05, 0.1) is 43.5 Å². The molecule has 0 heterocycles. The van der Waals surface area contributed by atoms with Crippen LogP contribution in [0.2, 0.25) is 10.0 Å². The molecule has 0 bridgehead atoms. The van der Waals surface area contributed by atoms with Crippen LogP contribution < -0.4 is 9.44 Å². The summed E-state index contributed by atoms with van der Waals surface area (Å²) in [5, 5.41) is 1.42. The molecular weight excluding hydrogens is 579 g/mol. The van der Waals surface area contributed by atoms with Gasteiger partial charge in [-0.2, -0.15) is 0 Å². The first kappa shape index (κ1) is 36.7. The summed E-state index contributed by atoms with van der Waals surface area (Å²) in [5.74, 6) is 0. The summed E-state index contributed by atoms with van der Waals surface area (Å²) in [5.41, 5.74) is 6.97. The number of hydrogen-bond donors (Lipinski definition) is 2. The molecule has 0 saturated heterocycles. The minimum absolute atomic E-state index is 0.0580. The first-order valence-corrected chi connectivity index (χ1v) is 16.5. The van der Waals surface area contributed by atoms with Crippen molar-refractivity contribution in [1.29, 1.82) is 0 Å². The van der Waals surface area contributed by atoms with Gasteiger partial charge in [0.25, 0.3) is 0 Å². The van der Waals surface area contributed by atoms with E-state index in [0.717, 1.165) is 11.1 Å². The van der Waals surface area contributed by atoms with Crippen molar-refractivity contribution in [3.05, 3.63) is 92.0 Å². The van der Waals surface area contributed by atoms with Crippen molar-refractivity contribution in [3.8, 4) is 0 Å². The SMILES string of the molecule is CC(C)=C(C)[C@@H](N[S@](=O)C(C)(C)C)c1ccc(Cl)cc1.CC(C)=C(C)[C@@H](N[S@](=O)C(C)(C)C)c1ccc(Cl)cc1. The Labute approximate surface area is 258 Å². The maximum Gasteiger partial charge on any atom is 0.0978 e. The third kappa shape index (κ3) is 11.9. The summed E-state index contributed by atoms with van der Waals surface area (Å²) < 4.78 is 30.7. The summed E-state index contributed by atoms with van der Waals surface area (Å²) in [4.78, 5) is 0.